The summed E-state index contributed by atoms with van der Waals surface area (Å²) in [6, 6.07) is 9.97. The van der Waals surface area contributed by atoms with Crippen LogP contribution >= 0.6 is 0 Å². The number of ether oxygens (including phenoxy) is 7. The molecule has 266 valence electrons. The van der Waals surface area contributed by atoms with Crippen LogP contribution in [-0.4, -0.2) is 94.3 Å². The van der Waals surface area contributed by atoms with Crippen molar-refractivity contribution in [1.29, 1.82) is 0 Å². The van der Waals surface area contributed by atoms with Gasteiger partial charge in [0.25, 0.3) is 0 Å². The molecule has 1 aromatic carbocycles. The molecule has 1 aromatic rings. The number of rotatable bonds is 10. The zero-order chi connectivity index (χ0) is 35.3. The fraction of sp³-hybridized carbons (Fsp3) is 0.778. The Labute approximate surface area is 285 Å². The van der Waals surface area contributed by atoms with Gasteiger partial charge in [0.15, 0.2) is 36.9 Å². The average Bonchev–Trinajstić information content (AvgIpc) is 3.58. The summed E-state index contributed by atoms with van der Waals surface area (Å²) in [6.45, 7) is 29.2. The third-order valence-electron chi connectivity index (χ3n) is 9.53. The molecule has 0 saturated carbocycles. The van der Waals surface area contributed by atoms with Crippen LogP contribution in [0.2, 0.25) is 37.8 Å². The van der Waals surface area contributed by atoms with Crippen molar-refractivity contribution in [3.8, 4) is 11.5 Å². The van der Waals surface area contributed by atoms with Crippen LogP contribution in [-0.2, 0) is 44.2 Å². The number of aliphatic hydroxyl groups excluding tert-OH is 1. The summed E-state index contributed by atoms with van der Waals surface area (Å²) >= 11 is 0. The average molecular weight is 693 g/mol. The van der Waals surface area contributed by atoms with E-state index in [2.05, 4.69) is 65.0 Å². The molecule has 3 aliphatic rings. The fourth-order valence-electron chi connectivity index (χ4n) is 6.10. The molecule has 3 fully saturated rings. The third-order valence-corrected chi connectivity index (χ3v) is 14.9. The van der Waals surface area contributed by atoms with Crippen molar-refractivity contribution in [2.24, 2.45) is 0 Å². The van der Waals surface area contributed by atoms with Crippen LogP contribution in [0.1, 0.15) is 67.9 Å². The van der Waals surface area contributed by atoms with Crippen molar-refractivity contribution in [2.75, 3.05) is 19.8 Å². The Morgan fingerprint density at radius 1 is 0.851 bits per heavy atom. The van der Waals surface area contributed by atoms with E-state index in [0.717, 1.165) is 5.56 Å². The van der Waals surface area contributed by atoms with Crippen LogP contribution in [0.3, 0.4) is 0 Å². The van der Waals surface area contributed by atoms with E-state index in [1.807, 2.05) is 71.9 Å². The Balaban J connectivity index is 1.99. The largest absolute Gasteiger partial charge is 0.408 e. The number of hydrogen-bond donors (Lipinski definition) is 1. The molecule has 9 nitrogen and oxygen atoms in total. The molecule has 11 heteroatoms. The van der Waals surface area contributed by atoms with Crippen LogP contribution in [0, 0.1) is 11.5 Å². The second kappa shape index (κ2) is 13.2. The minimum Gasteiger partial charge on any atom is -0.408 e. The summed E-state index contributed by atoms with van der Waals surface area (Å²) in [5, 5.41) is 12.1. The van der Waals surface area contributed by atoms with Crippen LogP contribution in [0.25, 0.3) is 0 Å². The molecule has 3 saturated heterocycles. The molecule has 4 rings (SSSR count). The molecule has 0 aromatic heterocycles. The molecule has 0 unspecified atom stereocenters. The summed E-state index contributed by atoms with van der Waals surface area (Å²) in [7, 11) is -4.41. The van der Waals surface area contributed by atoms with E-state index < -0.39 is 69.4 Å². The van der Waals surface area contributed by atoms with Gasteiger partial charge in [-0.05, 0) is 65.2 Å². The second-order valence-electron chi connectivity index (χ2n) is 17.2. The van der Waals surface area contributed by atoms with E-state index in [0.29, 0.717) is 0 Å². The molecule has 0 spiro atoms. The quantitative estimate of drug-likeness (QED) is 0.221. The first kappa shape index (κ1) is 38.7. The summed E-state index contributed by atoms with van der Waals surface area (Å²) in [6.07, 6.45) is -3.43. The van der Waals surface area contributed by atoms with Crippen molar-refractivity contribution in [1.82, 2.24) is 0 Å². The fourth-order valence-corrected chi connectivity index (χ4v) is 7.98. The summed E-state index contributed by atoms with van der Waals surface area (Å²) in [4.78, 5) is 0. The summed E-state index contributed by atoms with van der Waals surface area (Å²) in [5.74, 6) is 0.229. The summed E-state index contributed by atoms with van der Waals surface area (Å²) < 4.78 is 53.9. The highest BCUT2D eigenvalue weighted by atomic mass is 28.4. The highest BCUT2D eigenvalue weighted by molar-refractivity contribution is 6.83. The van der Waals surface area contributed by atoms with Crippen LogP contribution in [0.4, 0.5) is 0 Å². The topological polar surface area (TPSA) is 94.1 Å². The number of hydrogen-bond acceptors (Lipinski definition) is 9. The predicted molar refractivity (Wildman–Crippen MR) is 187 cm³/mol. The first-order valence-corrected chi connectivity index (χ1v) is 23.3. The smallest absolute Gasteiger partial charge is 0.192 e. The molecular weight excluding hydrogens is 633 g/mol. The van der Waals surface area contributed by atoms with Gasteiger partial charge in [0.2, 0.25) is 0 Å². The lowest BCUT2D eigenvalue weighted by atomic mass is 9.73. The van der Waals surface area contributed by atoms with Gasteiger partial charge in [-0.15, -0.1) is 5.54 Å². The molecular formula is C36H60O9Si2. The Kier molecular flexibility index (Phi) is 10.9. The SMILES string of the molecule is CC1(C)OC[C@@H]([C@@H](O[Si](C)(C)C(C)(C)C)[C@@H](OCc2ccccc2)[C@@]2([C@@]3([C@H](O)C#C[Si](C)(C)C)COC(C)(C)O3)COC(C)(C)O2)O1. The lowest BCUT2D eigenvalue weighted by Gasteiger charge is -2.52. The molecule has 3 heterocycles. The zero-order valence-electron chi connectivity index (χ0n) is 31.2. The molecule has 0 aliphatic carbocycles. The van der Waals surface area contributed by atoms with E-state index in [1.54, 1.807) is 0 Å². The van der Waals surface area contributed by atoms with Gasteiger partial charge in [0, 0.05) is 0 Å². The number of aliphatic hydroxyl groups is 1. The highest BCUT2D eigenvalue weighted by Gasteiger charge is 2.73. The van der Waals surface area contributed by atoms with Gasteiger partial charge in [0.1, 0.15) is 32.5 Å². The van der Waals surface area contributed by atoms with Gasteiger partial charge < -0.3 is 42.7 Å². The van der Waals surface area contributed by atoms with Crippen molar-refractivity contribution in [3.63, 3.8) is 0 Å². The zero-order valence-corrected chi connectivity index (χ0v) is 33.2. The lowest BCUT2D eigenvalue weighted by Crippen LogP contribution is -2.74. The Hall–Kier alpha value is -1.15. The van der Waals surface area contributed by atoms with Gasteiger partial charge in [0.05, 0.1) is 26.4 Å². The predicted octanol–water partition coefficient (Wildman–Crippen LogP) is 6.40. The number of benzene rings is 1. The lowest BCUT2D eigenvalue weighted by molar-refractivity contribution is -0.302. The van der Waals surface area contributed by atoms with E-state index in [9.17, 15) is 5.11 Å². The maximum atomic E-state index is 12.3. The van der Waals surface area contributed by atoms with Crippen LogP contribution < -0.4 is 0 Å². The Bertz CT molecular complexity index is 1290. The first-order valence-electron chi connectivity index (χ1n) is 16.9. The van der Waals surface area contributed by atoms with Crippen molar-refractivity contribution >= 4 is 16.4 Å². The molecule has 1 N–H and O–H groups in total. The maximum absolute atomic E-state index is 12.3. The molecule has 6 atom stereocenters. The standard InChI is InChI=1S/C36H60O9Si2/c1-31(2,3)47(13,14)43-29(27-23-39-32(4,5)42-27)30(38-22-26-18-16-15-17-19-26)36(25-41-34(8,9)45-36)35(24-40-33(6,7)44-35)28(37)20-21-46(10,11)12/h15-19,27-30,37H,22-25H2,1-14H3/t27-,28+,29+,30+,35-,36+/m0/s1. The van der Waals surface area contributed by atoms with E-state index >= 15 is 0 Å². The summed E-state index contributed by atoms with van der Waals surface area (Å²) in [5.41, 5.74) is 1.34. The second-order valence-corrected chi connectivity index (χ2v) is 26.7. The van der Waals surface area contributed by atoms with E-state index in [4.69, 9.17) is 37.6 Å². The molecule has 0 amide bonds. The normalized spacial score (nSPS) is 30.8. The van der Waals surface area contributed by atoms with Crippen molar-refractivity contribution in [2.45, 2.75) is 160 Å². The molecule has 47 heavy (non-hydrogen) atoms. The first-order chi connectivity index (χ1) is 21.3. The van der Waals surface area contributed by atoms with E-state index in [-0.39, 0.29) is 31.5 Å². The van der Waals surface area contributed by atoms with Crippen molar-refractivity contribution in [3.05, 3.63) is 35.9 Å². The van der Waals surface area contributed by atoms with Gasteiger partial charge in [-0.25, -0.2) is 0 Å². The maximum Gasteiger partial charge on any atom is 0.192 e. The highest BCUT2D eigenvalue weighted by Crippen LogP contribution is 2.53. The Morgan fingerprint density at radius 3 is 1.85 bits per heavy atom. The minimum atomic E-state index is -2.50. The Morgan fingerprint density at radius 2 is 1.40 bits per heavy atom. The molecule has 0 bridgehead atoms. The van der Waals surface area contributed by atoms with Crippen LogP contribution in [0.5, 0.6) is 0 Å². The minimum absolute atomic E-state index is 0.00743. The molecule has 3 aliphatic heterocycles. The third kappa shape index (κ3) is 8.60. The monoisotopic (exact) mass is 692 g/mol. The van der Waals surface area contributed by atoms with Gasteiger partial charge in [-0.1, -0.05) is 76.7 Å². The van der Waals surface area contributed by atoms with Gasteiger partial charge >= 0.3 is 0 Å². The van der Waals surface area contributed by atoms with E-state index in [1.165, 1.54) is 0 Å². The van der Waals surface area contributed by atoms with Gasteiger partial charge in [-0.2, -0.15) is 0 Å². The van der Waals surface area contributed by atoms with Crippen molar-refractivity contribution < 1.29 is 42.7 Å². The van der Waals surface area contributed by atoms with Gasteiger partial charge in [-0.3, -0.25) is 0 Å². The van der Waals surface area contributed by atoms with Crippen LogP contribution in [0.15, 0.2) is 30.3 Å². The molecule has 0 radical (unpaired) electrons.